The number of halogens is 1. The molecule has 7 heteroatoms. The molecule has 0 unspecified atom stereocenters. The second-order valence-electron chi connectivity index (χ2n) is 4.11. The fourth-order valence-electron chi connectivity index (χ4n) is 1.82. The summed E-state index contributed by atoms with van der Waals surface area (Å²) >= 11 is 7.42. The molecule has 2 aromatic rings. The normalized spacial score (nSPS) is 10.5. The highest BCUT2D eigenvalue weighted by atomic mass is 35.5. The summed E-state index contributed by atoms with van der Waals surface area (Å²) in [6.45, 7) is 5.73. The van der Waals surface area contributed by atoms with Gasteiger partial charge >= 0.3 is 0 Å². The maximum atomic E-state index is 6.01. The van der Waals surface area contributed by atoms with Crippen LogP contribution in [0.25, 0.3) is 0 Å². The maximum absolute atomic E-state index is 6.01. The van der Waals surface area contributed by atoms with Gasteiger partial charge in [-0.2, -0.15) is 15.0 Å². The van der Waals surface area contributed by atoms with E-state index in [-0.39, 0.29) is 5.28 Å². The van der Waals surface area contributed by atoms with Gasteiger partial charge in [0.2, 0.25) is 11.2 Å². The van der Waals surface area contributed by atoms with E-state index >= 15 is 0 Å². The Balaban J connectivity index is 2.32. The third-order valence-corrected chi connectivity index (χ3v) is 3.98. The molecule has 1 heterocycles. The van der Waals surface area contributed by atoms with Gasteiger partial charge < -0.3 is 9.64 Å². The molecule has 0 atom stereocenters. The number of ether oxygens (including phenoxy) is 1. The van der Waals surface area contributed by atoms with E-state index in [1.807, 2.05) is 43.0 Å². The summed E-state index contributed by atoms with van der Waals surface area (Å²) in [5.74, 6) is 1.38. The smallest absolute Gasteiger partial charge is 0.230 e. The molecule has 2 rings (SSSR count). The van der Waals surface area contributed by atoms with E-state index in [2.05, 4.69) is 15.0 Å². The lowest BCUT2D eigenvalue weighted by Gasteiger charge is -2.18. The van der Waals surface area contributed by atoms with Crippen molar-refractivity contribution >= 4 is 29.3 Å². The molecule has 0 amide bonds. The standard InChI is InChI=1S/C14H17ClN4OS/c1-4-19(5-2)13-16-12(15)17-14(18-13)21-11-9-7-6-8-10(11)20-3/h6-9H,4-5H2,1-3H3. The van der Waals surface area contributed by atoms with Crippen molar-refractivity contribution in [3.05, 3.63) is 29.5 Å². The van der Waals surface area contributed by atoms with Gasteiger partial charge in [-0.15, -0.1) is 0 Å². The van der Waals surface area contributed by atoms with Crippen molar-refractivity contribution in [1.29, 1.82) is 0 Å². The Kier molecular flexibility index (Phi) is 5.64. The van der Waals surface area contributed by atoms with Crippen LogP contribution in [0.3, 0.4) is 0 Å². The lowest BCUT2D eigenvalue weighted by Crippen LogP contribution is -2.24. The van der Waals surface area contributed by atoms with Gasteiger partial charge in [-0.1, -0.05) is 12.1 Å². The van der Waals surface area contributed by atoms with Crippen molar-refractivity contribution in [2.24, 2.45) is 0 Å². The van der Waals surface area contributed by atoms with Crippen molar-refractivity contribution in [2.75, 3.05) is 25.1 Å². The molecule has 0 N–H and O–H groups in total. The van der Waals surface area contributed by atoms with E-state index in [0.717, 1.165) is 23.7 Å². The Morgan fingerprint density at radius 2 is 1.86 bits per heavy atom. The number of anilines is 1. The first-order valence-corrected chi connectivity index (χ1v) is 7.84. The predicted octanol–water partition coefficient (Wildman–Crippen LogP) is 3.53. The zero-order valence-electron chi connectivity index (χ0n) is 12.2. The molecule has 0 saturated carbocycles. The van der Waals surface area contributed by atoms with Gasteiger partial charge in [0.25, 0.3) is 0 Å². The summed E-state index contributed by atoms with van der Waals surface area (Å²) in [5, 5.41) is 0.755. The van der Waals surface area contributed by atoms with Crippen LogP contribution in [0, 0.1) is 0 Å². The lowest BCUT2D eigenvalue weighted by molar-refractivity contribution is 0.405. The van der Waals surface area contributed by atoms with E-state index in [1.165, 1.54) is 11.8 Å². The molecule has 0 saturated heterocycles. The van der Waals surface area contributed by atoms with Crippen LogP contribution < -0.4 is 9.64 Å². The molecule has 21 heavy (non-hydrogen) atoms. The minimum absolute atomic E-state index is 0.198. The third-order valence-electron chi connectivity index (χ3n) is 2.89. The molecule has 0 aliphatic rings. The molecule has 0 radical (unpaired) electrons. The van der Waals surface area contributed by atoms with Crippen LogP contribution in [0.2, 0.25) is 5.28 Å². The van der Waals surface area contributed by atoms with E-state index in [4.69, 9.17) is 16.3 Å². The minimum atomic E-state index is 0.198. The fraction of sp³-hybridized carbons (Fsp3) is 0.357. The Morgan fingerprint density at radius 3 is 2.52 bits per heavy atom. The second kappa shape index (κ2) is 7.47. The summed E-state index contributed by atoms with van der Waals surface area (Å²) in [4.78, 5) is 15.8. The van der Waals surface area contributed by atoms with Crippen LogP contribution in [-0.4, -0.2) is 35.2 Å². The summed E-state index contributed by atoms with van der Waals surface area (Å²) in [5.41, 5.74) is 0. The summed E-state index contributed by atoms with van der Waals surface area (Å²) in [6.07, 6.45) is 0. The van der Waals surface area contributed by atoms with Gasteiger partial charge in [0.05, 0.1) is 12.0 Å². The first-order chi connectivity index (χ1) is 10.2. The number of rotatable bonds is 6. The van der Waals surface area contributed by atoms with Gasteiger partial charge in [0.1, 0.15) is 5.75 Å². The summed E-state index contributed by atoms with van der Waals surface area (Å²) in [7, 11) is 1.64. The number of para-hydroxylation sites is 1. The first-order valence-electron chi connectivity index (χ1n) is 6.65. The van der Waals surface area contributed by atoms with Gasteiger partial charge in [-0.3, -0.25) is 0 Å². The lowest BCUT2D eigenvalue weighted by atomic mass is 10.3. The number of methoxy groups -OCH3 is 1. The van der Waals surface area contributed by atoms with Crippen molar-refractivity contribution in [2.45, 2.75) is 23.9 Å². The third kappa shape index (κ3) is 3.98. The van der Waals surface area contributed by atoms with Crippen LogP contribution in [-0.2, 0) is 0 Å². The zero-order valence-corrected chi connectivity index (χ0v) is 13.8. The minimum Gasteiger partial charge on any atom is -0.496 e. The second-order valence-corrected chi connectivity index (χ2v) is 5.46. The van der Waals surface area contributed by atoms with Crippen molar-refractivity contribution < 1.29 is 4.74 Å². The zero-order chi connectivity index (χ0) is 15.2. The number of hydrogen-bond donors (Lipinski definition) is 0. The van der Waals surface area contributed by atoms with Crippen molar-refractivity contribution in [1.82, 2.24) is 15.0 Å². The Morgan fingerprint density at radius 1 is 1.14 bits per heavy atom. The van der Waals surface area contributed by atoms with Crippen LogP contribution in [0.4, 0.5) is 5.95 Å². The van der Waals surface area contributed by atoms with Crippen molar-refractivity contribution in [3.8, 4) is 5.75 Å². The molecule has 0 aliphatic heterocycles. The summed E-state index contributed by atoms with van der Waals surface area (Å²) in [6, 6.07) is 7.72. The first kappa shape index (κ1) is 15.9. The highest BCUT2D eigenvalue weighted by Crippen LogP contribution is 2.33. The van der Waals surface area contributed by atoms with Gasteiger partial charge in [-0.25, -0.2) is 0 Å². The molecule has 1 aromatic carbocycles. The van der Waals surface area contributed by atoms with Crippen LogP contribution in [0.15, 0.2) is 34.3 Å². The average Bonchev–Trinajstić information content (AvgIpc) is 2.48. The van der Waals surface area contributed by atoms with Crippen LogP contribution >= 0.6 is 23.4 Å². The molecule has 0 bridgehead atoms. The largest absolute Gasteiger partial charge is 0.496 e. The van der Waals surface area contributed by atoms with Crippen molar-refractivity contribution in [3.63, 3.8) is 0 Å². The average molecular weight is 325 g/mol. The number of aromatic nitrogens is 3. The van der Waals surface area contributed by atoms with E-state index < -0.39 is 0 Å². The van der Waals surface area contributed by atoms with E-state index in [9.17, 15) is 0 Å². The Labute approximate surface area is 133 Å². The molecule has 0 aliphatic carbocycles. The fourth-order valence-corrected chi connectivity index (χ4v) is 2.88. The Bertz CT molecular complexity index is 607. The topological polar surface area (TPSA) is 51.1 Å². The molecule has 5 nitrogen and oxygen atoms in total. The van der Waals surface area contributed by atoms with E-state index in [1.54, 1.807) is 7.11 Å². The predicted molar refractivity (Wildman–Crippen MR) is 85.5 cm³/mol. The highest BCUT2D eigenvalue weighted by molar-refractivity contribution is 7.99. The Hall–Kier alpha value is -1.53. The molecule has 112 valence electrons. The van der Waals surface area contributed by atoms with Gasteiger partial charge in [-0.05, 0) is 49.3 Å². The van der Waals surface area contributed by atoms with Gasteiger partial charge in [0, 0.05) is 13.1 Å². The quantitative estimate of drug-likeness (QED) is 0.810. The maximum Gasteiger partial charge on any atom is 0.230 e. The number of benzene rings is 1. The molecule has 0 fully saturated rings. The number of nitrogens with zero attached hydrogens (tertiary/aromatic N) is 4. The highest BCUT2D eigenvalue weighted by Gasteiger charge is 2.12. The molecular formula is C14H17ClN4OS. The van der Waals surface area contributed by atoms with Crippen LogP contribution in [0.5, 0.6) is 5.75 Å². The summed E-state index contributed by atoms with van der Waals surface area (Å²) < 4.78 is 5.33. The molecule has 0 spiro atoms. The SMILES string of the molecule is CCN(CC)c1nc(Cl)nc(Sc2ccccc2OC)n1. The van der Waals surface area contributed by atoms with E-state index in [0.29, 0.717) is 11.1 Å². The van der Waals surface area contributed by atoms with Crippen LogP contribution in [0.1, 0.15) is 13.8 Å². The van der Waals surface area contributed by atoms with Gasteiger partial charge in [0.15, 0.2) is 5.16 Å². The number of hydrogen-bond acceptors (Lipinski definition) is 6. The molecular weight excluding hydrogens is 308 g/mol. The monoisotopic (exact) mass is 324 g/mol. The molecule has 1 aromatic heterocycles.